The van der Waals surface area contributed by atoms with Gasteiger partial charge in [0.05, 0.1) is 5.69 Å². The molecule has 0 aromatic heterocycles. The van der Waals surface area contributed by atoms with Crippen LogP contribution in [0.15, 0.2) is 54.6 Å². The van der Waals surface area contributed by atoms with Crippen molar-refractivity contribution in [2.45, 2.75) is 13.0 Å². The molecule has 0 radical (unpaired) electrons. The van der Waals surface area contributed by atoms with Crippen LogP contribution in [0, 0.1) is 11.8 Å². The minimum atomic E-state index is -0.846. The number of aliphatic hydroxyl groups excluding tert-OH is 1. The molecule has 2 N–H and O–H groups in total. The molecule has 0 aliphatic rings. The Morgan fingerprint density at radius 3 is 2.45 bits per heavy atom. The number of aliphatic hydroxyl groups is 1. The van der Waals surface area contributed by atoms with E-state index in [1.807, 2.05) is 42.5 Å². The summed E-state index contributed by atoms with van der Waals surface area (Å²) in [4.78, 5) is 11.1. The maximum atomic E-state index is 11.1. The van der Waals surface area contributed by atoms with Gasteiger partial charge in [0.15, 0.2) is 0 Å². The second kappa shape index (κ2) is 6.55. The Morgan fingerprint density at radius 1 is 1.10 bits per heavy atom. The smallest absolute Gasteiger partial charge is 0.221 e. The zero-order valence-electron chi connectivity index (χ0n) is 11.1. The van der Waals surface area contributed by atoms with Crippen molar-refractivity contribution in [3.05, 3.63) is 65.7 Å². The molecule has 2 rings (SSSR count). The van der Waals surface area contributed by atoms with Crippen LogP contribution in [0.3, 0.4) is 0 Å². The van der Waals surface area contributed by atoms with Gasteiger partial charge in [0, 0.05) is 12.5 Å². The summed E-state index contributed by atoms with van der Waals surface area (Å²) in [6.45, 7) is 1.45. The first-order chi connectivity index (χ1) is 9.66. The molecule has 0 heterocycles. The molecule has 0 aliphatic heterocycles. The lowest BCUT2D eigenvalue weighted by molar-refractivity contribution is -0.114. The highest BCUT2D eigenvalue weighted by molar-refractivity contribution is 5.90. The number of hydrogen-bond donors (Lipinski definition) is 2. The van der Waals surface area contributed by atoms with Crippen molar-refractivity contribution in [1.82, 2.24) is 0 Å². The number of carbonyl (C=O) groups excluding carboxylic acids is 1. The van der Waals surface area contributed by atoms with Gasteiger partial charge in [0.1, 0.15) is 6.10 Å². The van der Waals surface area contributed by atoms with Gasteiger partial charge in [0.2, 0.25) is 5.91 Å². The predicted molar refractivity (Wildman–Crippen MR) is 79.0 cm³/mol. The lowest BCUT2D eigenvalue weighted by Gasteiger charge is -2.05. The van der Waals surface area contributed by atoms with Gasteiger partial charge in [-0.1, -0.05) is 54.3 Å². The van der Waals surface area contributed by atoms with E-state index in [0.717, 1.165) is 5.56 Å². The number of hydrogen-bond acceptors (Lipinski definition) is 2. The largest absolute Gasteiger partial charge is 0.376 e. The van der Waals surface area contributed by atoms with Gasteiger partial charge in [-0.3, -0.25) is 4.79 Å². The standard InChI is InChI=1S/C17H15NO2/c1-13(19)18-16-10-6-5-7-14(16)11-12-17(20)15-8-3-2-4-9-15/h2-10,17,20H,1H3,(H,18,19). The molecule has 1 amide bonds. The van der Waals surface area contributed by atoms with E-state index in [1.54, 1.807) is 12.1 Å². The first-order valence-electron chi connectivity index (χ1n) is 6.28. The minimum Gasteiger partial charge on any atom is -0.376 e. The molecule has 2 aromatic rings. The second-order valence-electron chi connectivity index (χ2n) is 4.31. The van der Waals surface area contributed by atoms with Crippen LogP contribution in [0.4, 0.5) is 5.69 Å². The molecule has 1 unspecified atom stereocenters. The van der Waals surface area contributed by atoms with Crippen molar-refractivity contribution >= 4 is 11.6 Å². The van der Waals surface area contributed by atoms with Crippen LogP contribution >= 0.6 is 0 Å². The molecule has 0 aliphatic carbocycles. The average molecular weight is 265 g/mol. The molecule has 20 heavy (non-hydrogen) atoms. The summed E-state index contributed by atoms with van der Waals surface area (Å²) in [5.74, 6) is 5.54. The zero-order valence-corrected chi connectivity index (χ0v) is 11.1. The maximum absolute atomic E-state index is 11.1. The van der Waals surface area contributed by atoms with Crippen LogP contribution in [0.2, 0.25) is 0 Å². The van der Waals surface area contributed by atoms with Crippen LogP contribution in [-0.4, -0.2) is 11.0 Å². The average Bonchev–Trinajstić information content (AvgIpc) is 2.46. The van der Waals surface area contributed by atoms with Crippen molar-refractivity contribution in [2.24, 2.45) is 0 Å². The number of amides is 1. The summed E-state index contributed by atoms with van der Waals surface area (Å²) in [6.07, 6.45) is -0.846. The molecule has 2 aromatic carbocycles. The zero-order chi connectivity index (χ0) is 14.4. The Balaban J connectivity index is 2.23. The third-order valence-corrected chi connectivity index (χ3v) is 2.70. The highest BCUT2D eigenvalue weighted by Gasteiger charge is 2.03. The topological polar surface area (TPSA) is 49.3 Å². The first-order valence-corrected chi connectivity index (χ1v) is 6.28. The van der Waals surface area contributed by atoms with Crippen LogP contribution < -0.4 is 5.32 Å². The third-order valence-electron chi connectivity index (χ3n) is 2.70. The number of para-hydroxylation sites is 1. The predicted octanol–water partition coefficient (Wildman–Crippen LogP) is 2.73. The Bertz CT molecular complexity index is 653. The van der Waals surface area contributed by atoms with Crippen LogP contribution in [0.25, 0.3) is 0 Å². The number of rotatable bonds is 2. The Hall–Kier alpha value is -2.57. The van der Waals surface area contributed by atoms with E-state index in [9.17, 15) is 9.90 Å². The van der Waals surface area contributed by atoms with Gasteiger partial charge < -0.3 is 10.4 Å². The molecular formula is C17H15NO2. The van der Waals surface area contributed by atoms with E-state index in [1.165, 1.54) is 6.92 Å². The molecule has 1 atom stereocenters. The summed E-state index contributed by atoms with van der Waals surface area (Å²) in [6, 6.07) is 16.5. The van der Waals surface area contributed by atoms with Crippen molar-refractivity contribution in [3.8, 4) is 11.8 Å². The fourth-order valence-electron chi connectivity index (χ4n) is 1.76. The Morgan fingerprint density at radius 2 is 1.75 bits per heavy atom. The van der Waals surface area contributed by atoms with Crippen LogP contribution in [-0.2, 0) is 4.79 Å². The fourth-order valence-corrected chi connectivity index (χ4v) is 1.76. The number of carbonyl (C=O) groups is 1. The molecular weight excluding hydrogens is 250 g/mol. The van der Waals surface area contributed by atoms with Crippen molar-refractivity contribution < 1.29 is 9.90 Å². The summed E-state index contributed by atoms with van der Waals surface area (Å²) < 4.78 is 0. The summed E-state index contributed by atoms with van der Waals surface area (Å²) in [5, 5.41) is 12.7. The van der Waals surface area contributed by atoms with E-state index in [0.29, 0.717) is 11.3 Å². The third kappa shape index (κ3) is 3.71. The second-order valence-corrected chi connectivity index (χ2v) is 4.31. The molecule has 0 saturated heterocycles. The number of benzene rings is 2. The lowest BCUT2D eigenvalue weighted by Crippen LogP contribution is -2.07. The quantitative estimate of drug-likeness (QED) is 0.820. The summed E-state index contributed by atoms with van der Waals surface area (Å²) >= 11 is 0. The minimum absolute atomic E-state index is 0.150. The molecule has 0 spiro atoms. The molecule has 0 fully saturated rings. The van der Waals surface area contributed by atoms with Crippen molar-refractivity contribution in [2.75, 3.05) is 5.32 Å². The fraction of sp³-hybridized carbons (Fsp3) is 0.118. The van der Waals surface area contributed by atoms with E-state index in [4.69, 9.17) is 0 Å². The van der Waals surface area contributed by atoms with Crippen molar-refractivity contribution in [1.29, 1.82) is 0 Å². The van der Waals surface area contributed by atoms with Gasteiger partial charge in [0.25, 0.3) is 0 Å². The van der Waals surface area contributed by atoms with E-state index >= 15 is 0 Å². The van der Waals surface area contributed by atoms with Gasteiger partial charge >= 0.3 is 0 Å². The van der Waals surface area contributed by atoms with Gasteiger partial charge in [-0.25, -0.2) is 0 Å². The molecule has 0 saturated carbocycles. The molecule has 0 bridgehead atoms. The monoisotopic (exact) mass is 265 g/mol. The molecule has 3 nitrogen and oxygen atoms in total. The normalized spacial score (nSPS) is 11.1. The van der Waals surface area contributed by atoms with Gasteiger partial charge in [-0.15, -0.1) is 0 Å². The number of anilines is 1. The molecule has 100 valence electrons. The summed E-state index contributed by atoms with van der Waals surface area (Å²) in [7, 11) is 0. The summed E-state index contributed by atoms with van der Waals surface area (Å²) in [5.41, 5.74) is 2.07. The highest BCUT2D eigenvalue weighted by atomic mass is 16.3. The highest BCUT2D eigenvalue weighted by Crippen LogP contribution is 2.15. The van der Waals surface area contributed by atoms with Crippen molar-refractivity contribution in [3.63, 3.8) is 0 Å². The Labute approximate surface area is 118 Å². The van der Waals surface area contributed by atoms with E-state index in [-0.39, 0.29) is 5.91 Å². The lowest BCUT2D eigenvalue weighted by atomic mass is 10.1. The van der Waals surface area contributed by atoms with Gasteiger partial charge in [-0.2, -0.15) is 0 Å². The molecule has 3 heteroatoms. The number of nitrogens with one attached hydrogen (secondary N) is 1. The van der Waals surface area contributed by atoms with E-state index in [2.05, 4.69) is 17.2 Å². The first kappa shape index (κ1) is 13.9. The maximum Gasteiger partial charge on any atom is 0.221 e. The van der Waals surface area contributed by atoms with Crippen LogP contribution in [0.5, 0.6) is 0 Å². The van der Waals surface area contributed by atoms with Crippen LogP contribution in [0.1, 0.15) is 24.2 Å². The van der Waals surface area contributed by atoms with E-state index < -0.39 is 6.10 Å². The SMILES string of the molecule is CC(=O)Nc1ccccc1C#CC(O)c1ccccc1. The Kier molecular flexibility index (Phi) is 4.54. The van der Waals surface area contributed by atoms with Gasteiger partial charge in [-0.05, 0) is 17.7 Å².